The molecular weight excluding hydrogens is 286 g/mol. The molecule has 0 bridgehead atoms. The molecule has 0 aliphatic carbocycles. The first-order chi connectivity index (χ1) is 10.2. The van der Waals surface area contributed by atoms with Crippen LogP contribution in [0.5, 0.6) is 11.5 Å². The summed E-state index contributed by atoms with van der Waals surface area (Å²) in [6, 6.07) is 13.6. The van der Waals surface area contributed by atoms with Crippen molar-refractivity contribution in [2.24, 2.45) is 10.1 Å². The van der Waals surface area contributed by atoms with Gasteiger partial charge in [0.25, 0.3) is 0 Å². The summed E-state index contributed by atoms with van der Waals surface area (Å²) in [4.78, 5) is 3.97. The van der Waals surface area contributed by atoms with Crippen LogP contribution in [0.1, 0.15) is 11.1 Å². The standard InChI is InChI=1S/C15H13N3O2S/c19-13-7-3-1-5-11(13)9-16-15(21)18-17-10-12-6-2-4-8-14(12)20/h1-10,19-20H,(H,18,21)/b16-9+,17-10?. The van der Waals surface area contributed by atoms with Crippen LogP contribution in [0.15, 0.2) is 58.6 Å². The van der Waals surface area contributed by atoms with Gasteiger partial charge in [0, 0.05) is 17.3 Å². The number of phenolic OH excluding ortho intramolecular Hbond substituents is 2. The third-order valence-electron chi connectivity index (χ3n) is 2.56. The number of hydrogen-bond acceptors (Lipinski definition) is 4. The Morgan fingerprint density at radius 2 is 1.43 bits per heavy atom. The van der Waals surface area contributed by atoms with Crippen molar-refractivity contribution in [2.75, 3.05) is 0 Å². The number of thiocarbonyl (C=S) groups is 1. The van der Waals surface area contributed by atoms with Crippen LogP contribution < -0.4 is 5.43 Å². The third-order valence-corrected chi connectivity index (χ3v) is 2.75. The SMILES string of the molecule is Oc1ccccc1C=NNC(=S)/N=C/c1ccccc1O. The molecule has 0 radical (unpaired) electrons. The van der Waals surface area contributed by atoms with E-state index in [1.165, 1.54) is 12.4 Å². The summed E-state index contributed by atoms with van der Waals surface area (Å²) in [7, 11) is 0. The molecule has 0 atom stereocenters. The van der Waals surface area contributed by atoms with Gasteiger partial charge in [-0.05, 0) is 36.5 Å². The second-order valence-corrected chi connectivity index (χ2v) is 4.44. The average Bonchev–Trinajstić information content (AvgIpc) is 2.48. The van der Waals surface area contributed by atoms with Gasteiger partial charge in [0.05, 0.1) is 6.21 Å². The first-order valence-electron chi connectivity index (χ1n) is 6.10. The molecule has 6 heteroatoms. The Hall–Kier alpha value is -2.73. The average molecular weight is 299 g/mol. The van der Waals surface area contributed by atoms with E-state index >= 15 is 0 Å². The lowest BCUT2D eigenvalue weighted by atomic mass is 10.2. The fraction of sp³-hybridized carbons (Fsp3) is 0. The van der Waals surface area contributed by atoms with Gasteiger partial charge in [-0.1, -0.05) is 24.3 Å². The summed E-state index contributed by atoms with van der Waals surface area (Å²) in [5.74, 6) is 0.258. The lowest BCUT2D eigenvalue weighted by Crippen LogP contribution is -2.12. The highest BCUT2D eigenvalue weighted by molar-refractivity contribution is 7.80. The van der Waals surface area contributed by atoms with Crippen LogP contribution in [0.4, 0.5) is 0 Å². The van der Waals surface area contributed by atoms with E-state index in [0.717, 1.165) is 0 Å². The highest BCUT2D eigenvalue weighted by Gasteiger charge is 1.97. The lowest BCUT2D eigenvalue weighted by Gasteiger charge is -1.99. The molecule has 0 aliphatic rings. The topological polar surface area (TPSA) is 77.2 Å². The Morgan fingerprint density at radius 3 is 2.00 bits per heavy atom. The van der Waals surface area contributed by atoms with E-state index in [9.17, 15) is 10.2 Å². The molecule has 3 N–H and O–H groups in total. The minimum absolute atomic E-state index is 0.127. The molecule has 0 unspecified atom stereocenters. The van der Waals surface area contributed by atoms with Crippen molar-refractivity contribution in [2.45, 2.75) is 0 Å². The predicted octanol–water partition coefficient (Wildman–Crippen LogP) is 2.43. The molecule has 0 aromatic heterocycles. The first-order valence-corrected chi connectivity index (χ1v) is 6.51. The zero-order valence-electron chi connectivity index (χ0n) is 11.0. The van der Waals surface area contributed by atoms with Gasteiger partial charge in [-0.25, -0.2) is 4.99 Å². The Morgan fingerprint density at radius 1 is 0.905 bits per heavy atom. The smallest absolute Gasteiger partial charge is 0.213 e. The van der Waals surface area contributed by atoms with Gasteiger partial charge in [-0.3, -0.25) is 5.43 Å². The molecule has 2 aromatic rings. The Balaban J connectivity index is 1.94. The normalized spacial score (nSPS) is 11.0. The van der Waals surface area contributed by atoms with E-state index in [-0.39, 0.29) is 16.6 Å². The summed E-state index contributed by atoms with van der Waals surface area (Å²) in [6.45, 7) is 0. The number of nitrogens with zero attached hydrogens (tertiary/aromatic N) is 2. The van der Waals surface area contributed by atoms with Gasteiger partial charge >= 0.3 is 0 Å². The number of hydrazone groups is 1. The van der Waals surface area contributed by atoms with E-state index < -0.39 is 0 Å². The Labute approximate surface area is 127 Å². The highest BCUT2D eigenvalue weighted by Crippen LogP contribution is 2.13. The molecule has 0 amide bonds. The zero-order valence-corrected chi connectivity index (χ0v) is 11.8. The molecule has 0 heterocycles. The lowest BCUT2D eigenvalue weighted by molar-refractivity contribution is 0.474. The zero-order chi connectivity index (χ0) is 15.1. The monoisotopic (exact) mass is 299 g/mol. The van der Waals surface area contributed by atoms with Crippen molar-refractivity contribution < 1.29 is 10.2 Å². The maximum absolute atomic E-state index is 9.57. The number of nitrogens with one attached hydrogen (secondary N) is 1. The van der Waals surface area contributed by atoms with E-state index in [1.807, 2.05) is 0 Å². The number of aliphatic imine (C=N–C) groups is 1. The van der Waals surface area contributed by atoms with Crippen molar-refractivity contribution in [3.05, 3.63) is 59.7 Å². The van der Waals surface area contributed by atoms with Gasteiger partial charge in [0.2, 0.25) is 5.11 Å². The number of phenols is 2. The number of benzene rings is 2. The number of rotatable bonds is 3. The minimum atomic E-state index is 0.127. The molecule has 0 aliphatic heterocycles. The summed E-state index contributed by atoms with van der Waals surface area (Å²) >= 11 is 4.98. The summed E-state index contributed by atoms with van der Waals surface area (Å²) in [5.41, 5.74) is 3.69. The largest absolute Gasteiger partial charge is 0.507 e. The van der Waals surface area contributed by atoms with E-state index in [0.29, 0.717) is 11.1 Å². The number of para-hydroxylation sites is 2. The van der Waals surface area contributed by atoms with Gasteiger partial charge < -0.3 is 10.2 Å². The predicted molar refractivity (Wildman–Crippen MR) is 87.1 cm³/mol. The van der Waals surface area contributed by atoms with Crippen molar-refractivity contribution in [3.63, 3.8) is 0 Å². The van der Waals surface area contributed by atoms with Gasteiger partial charge in [0.15, 0.2) is 0 Å². The van der Waals surface area contributed by atoms with Gasteiger partial charge in [0.1, 0.15) is 11.5 Å². The minimum Gasteiger partial charge on any atom is -0.507 e. The molecule has 0 saturated carbocycles. The second kappa shape index (κ2) is 7.16. The van der Waals surface area contributed by atoms with Crippen LogP contribution in [0.25, 0.3) is 0 Å². The fourth-order valence-corrected chi connectivity index (χ4v) is 1.61. The molecule has 0 spiro atoms. The van der Waals surface area contributed by atoms with Crippen molar-refractivity contribution in [1.29, 1.82) is 0 Å². The van der Waals surface area contributed by atoms with Crippen LogP contribution in [-0.2, 0) is 0 Å². The molecular formula is C15H13N3O2S. The van der Waals surface area contributed by atoms with Crippen LogP contribution >= 0.6 is 12.2 Å². The quantitative estimate of drug-likeness (QED) is 0.462. The van der Waals surface area contributed by atoms with Gasteiger partial charge in [-0.2, -0.15) is 5.10 Å². The molecule has 0 fully saturated rings. The van der Waals surface area contributed by atoms with Crippen LogP contribution in [-0.4, -0.2) is 27.8 Å². The maximum Gasteiger partial charge on any atom is 0.213 e. The Kier molecular flexibility index (Phi) is 5.00. The first kappa shape index (κ1) is 14.7. The van der Waals surface area contributed by atoms with Crippen LogP contribution in [0.3, 0.4) is 0 Å². The molecule has 5 nitrogen and oxygen atoms in total. The van der Waals surface area contributed by atoms with Crippen molar-refractivity contribution in [3.8, 4) is 11.5 Å². The molecule has 21 heavy (non-hydrogen) atoms. The fourth-order valence-electron chi connectivity index (χ4n) is 1.51. The summed E-state index contributed by atoms with van der Waals surface area (Å²) in [6.07, 6.45) is 2.89. The second-order valence-electron chi connectivity index (χ2n) is 4.05. The highest BCUT2D eigenvalue weighted by atomic mass is 32.1. The number of hydrogen-bond donors (Lipinski definition) is 3. The Bertz CT molecular complexity index is 699. The van der Waals surface area contributed by atoms with Crippen molar-refractivity contribution in [1.82, 2.24) is 5.43 Å². The summed E-state index contributed by atoms with van der Waals surface area (Å²) < 4.78 is 0. The molecule has 2 rings (SSSR count). The molecule has 0 saturated heterocycles. The van der Waals surface area contributed by atoms with Crippen LogP contribution in [0, 0.1) is 0 Å². The van der Waals surface area contributed by atoms with E-state index in [4.69, 9.17) is 12.2 Å². The maximum atomic E-state index is 9.57. The van der Waals surface area contributed by atoms with E-state index in [2.05, 4.69) is 15.5 Å². The van der Waals surface area contributed by atoms with E-state index in [1.54, 1.807) is 48.5 Å². The van der Waals surface area contributed by atoms with Crippen LogP contribution in [0.2, 0.25) is 0 Å². The van der Waals surface area contributed by atoms with Gasteiger partial charge in [-0.15, -0.1) is 0 Å². The number of aromatic hydroxyl groups is 2. The summed E-state index contributed by atoms with van der Waals surface area (Å²) in [5, 5.41) is 23.1. The molecule has 2 aromatic carbocycles. The van der Waals surface area contributed by atoms with Crippen molar-refractivity contribution >= 4 is 29.8 Å². The third kappa shape index (κ3) is 4.39. The molecule has 106 valence electrons.